The summed E-state index contributed by atoms with van der Waals surface area (Å²) in [5.41, 5.74) is 0.318. The number of aliphatic hydroxyl groups is 1. The lowest BCUT2D eigenvalue weighted by Crippen LogP contribution is -2.44. The first-order valence-corrected chi connectivity index (χ1v) is 8.32. The minimum absolute atomic E-state index is 0.0424. The third-order valence-corrected chi connectivity index (χ3v) is 5.14. The topological polar surface area (TPSA) is 84.9 Å². The highest BCUT2D eigenvalue weighted by Gasteiger charge is 2.36. The lowest BCUT2D eigenvalue weighted by atomic mass is 10.0. The van der Waals surface area contributed by atoms with E-state index < -0.39 is 15.6 Å². The predicted octanol–water partition coefficient (Wildman–Crippen LogP) is 0.305. The maximum Gasteiger partial charge on any atom is 0.240 e. The first kappa shape index (κ1) is 16.4. The van der Waals surface area contributed by atoms with E-state index in [9.17, 15) is 8.42 Å². The average Bonchev–Trinajstić information content (AvgIpc) is 2.96. The minimum atomic E-state index is -3.58. The number of benzene rings is 1. The average molecular weight is 315 g/mol. The number of hydrogen-bond acceptors (Lipinski definition) is 5. The van der Waals surface area contributed by atoms with Crippen molar-refractivity contribution in [3.63, 3.8) is 0 Å². The monoisotopic (exact) mass is 315 g/mol. The van der Waals surface area contributed by atoms with Gasteiger partial charge < -0.3 is 14.6 Å². The molecule has 0 bridgehead atoms. The molecule has 0 spiro atoms. The van der Waals surface area contributed by atoms with Gasteiger partial charge in [-0.15, -0.1) is 0 Å². The molecule has 1 aromatic carbocycles. The minimum Gasteiger partial charge on any atom is -0.396 e. The van der Waals surface area contributed by atoms with Crippen LogP contribution < -0.4 is 4.72 Å². The van der Waals surface area contributed by atoms with Crippen molar-refractivity contribution in [1.29, 1.82) is 0 Å². The van der Waals surface area contributed by atoms with Crippen molar-refractivity contribution in [2.45, 2.75) is 23.3 Å². The van der Waals surface area contributed by atoms with Crippen molar-refractivity contribution in [3.8, 4) is 0 Å². The molecule has 1 aromatic rings. The Morgan fingerprint density at radius 1 is 1.38 bits per heavy atom. The van der Waals surface area contributed by atoms with Crippen LogP contribution in [0.15, 0.2) is 29.2 Å². The molecule has 1 atom stereocenters. The Kier molecular flexibility index (Phi) is 5.34. The first-order chi connectivity index (χ1) is 10.0. The molecule has 2 N–H and O–H groups in total. The van der Waals surface area contributed by atoms with E-state index in [-0.39, 0.29) is 18.0 Å². The summed E-state index contributed by atoms with van der Waals surface area (Å²) in [5, 5.41) is 8.85. The molecule has 1 saturated heterocycles. The van der Waals surface area contributed by atoms with Gasteiger partial charge in [-0.1, -0.05) is 12.1 Å². The van der Waals surface area contributed by atoms with E-state index in [0.29, 0.717) is 26.1 Å². The van der Waals surface area contributed by atoms with E-state index in [2.05, 4.69) is 4.72 Å². The molecule has 1 aliphatic rings. The molecule has 0 aliphatic carbocycles. The van der Waals surface area contributed by atoms with Gasteiger partial charge in [-0.05, 0) is 24.1 Å². The SMILES string of the molecule is COC1(CNS(=O)(=O)c2ccc(CCO)cc2)CCOC1. The summed E-state index contributed by atoms with van der Waals surface area (Å²) >= 11 is 0. The summed E-state index contributed by atoms with van der Waals surface area (Å²) in [6.45, 7) is 1.19. The predicted molar refractivity (Wildman–Crippen MR) is 77.6 cm³/mol. The van der Waals surface area contributed by atoms with Crippen molar-refractivity contribution >= 4 is 10.0 Å². The quantitative estimate of drug-likeness (QED) is 0.756. The molecule has 1 aliphatic heterocycles. The van der Waals surface area contributed by atoms with E-state index in [4.69, 9.17) is 14.6 Å². The van der Waals surface area contributed by atoms with Gasteiger partial charge in [-0.2, -0.15) is 0 Å². The lowest BCUT2D eigenvalue weighted by molar-refractivity contribution is -0.0120. The second-order valence-corrected chi connectivity index (χ2v) is 6.90. The smallest absolute Gasteiger partial charge is 0.240 e. The van der Waals surface area contributed by atoms with Gasteiger partial charge in [0.15, 0.2) is 0 Å². The number of sulfonamides is 1. The number of methoxy groups -OCH3 is 1. The maximum atomic E-state index is 12.3. The fourth-order valence-electron chi connectivity index (χ4n) is 2.24. The molecule has 1 heterocycles. The van der Waals surface area contributed by atoms with Gasteiger partial charge in [0.2, 0.25) is 10.0 Å². The largest absolute Gasteiger partial charge is 0.396 e. The van der Waals surface area contributed by atoms with Crippen molar-refractivity contribution in [3.05, 3.63) is 29.8 Å². The Balaban J connectivity index is 2.04. The third-order valence-electron chi connectivity index (χ3n) is 3.72. The molecule has 0 amide bonds. The van der Waals surface area contributed by atoms with Crippen LogP contribution in [0.5, 0.6) is 0 Å². The van der Waals surface area contributed by atoms with Gasteiger partial charge in [-0.3, -0.25) is 0 Å². The van der Waals surface area contributed by atoms with E-state index in [1.807, 2.05) is 0 Å². The summed E-state index contributed by atoms with van der Waals surface area (Å²) in [6.07, 6.45) is 1.18. The van der Waals surface area contributed by atoms with E-state index in [1.54, 1.807) is 19.2 Å². The molecule has 0 saturated carbocycles. The molecule has 0 aromatic heterocycles. The zero-order valence-corrected chi connectivity index (χ0v) is 12.9. The van der Waals surface area contributed by atoms with Crippen LogP contribution in [0.4, 0.5) is 0 Å². The maximum absolute atomic E-state index is 12.3. The fourth-order valence-corrected chi connectivity index (χ4v) is 3.35. The number of nitrogens with one attached hydrogen (secondary N) is 1. The first-order valence-electron chi connectivity index (χ1n) is 6.84. The molecular weight excluding hydrogens is 294 g/mol. The summed E-state index contributed by atoms with van der Waals surface area (Å²) in [4.78, 5) is 0.203. The van der Waals surface area contributed by atoms with Crippen LogP contribution in [0.3, 0.4) is 0 Å². The zero-order valence-electron chi connectivity index (χ0n) is 12.0. The summed E-state index contributed by atoms with van der Waals surface area (Å²) in [6, 6.07) is 6.49. The number of ether oxygens (including phenoxy) is 2. The van der Waals surface area contributed by atoms with Crippen LogP contribution in [0.25, 0.3) is 0 Å². The fraction of sp³-hybridized carbons (Fsp3) is 0.571. The Morgan fingerprint density at radius 2 is 2.10 bits per heavy atom. The second-order valence-electron chi connectivity index (χ2n) is 5.13. The lowest BCUT2D eigenvalue weighted by Gasteiger charge is -2.25. The molecule has 21 heavy (non-hydrogen) atoms. The van der Waals surface area contributed by atoms with Gasteiger partial charge in [0, 0.05) is 33.3 Å². The third kappa shape index (κ3) is 4.02. The van der Waals surface area contributed by atoms with Crippen LogP contribution in [-0.4, -0.2) is 52.6 Å². The van der Waals surface area contributed by atoms with Crippen LogP contribution >= 0.6 is 0 Å². The highest BCUT2D eigenvalue weighted by atomic mass is 32.2. The van der Waals surface area contributed by atoms with Crippen LogP contribution in [-0.2, 0) is 25.9 Å². The van der Waals surface area contributed by atoms with Gasteiger partial charge in [-0.25, -0.2) is 13.1 Å². The van der Waals surface area contributed by atoms with Gasteiger partial charge in [0.25, 0.3) is 0 Å². The number of aliphatic hydroxyl groups excluding tert-OH is 1. The molecule has 1 fully saturated rings. The Morgan fingerprint density at radius 3 is 2.62 bits per heavy atom. The second kappa shape index (κ2) is 6.85. The highest BCUT2D eigenvalue weighted by molar-refractivity contribution is 7.89. The summed E-state index contributed by atoms with van der Waals surface area (Å²) in [7, 11) is -2.01. The van der Waals surface area contributed by atoms with Crippen molar-refractivity contribution < 1.29 is 23.0 Å². The Labute approximate surface area is 125 Å². The standard InChI is InChI=1S/C14H21NO5S/c1-19-14(7-9-20-11-14)10-15-21(17,18)13-4-2-12(3-5-13)6-8-16/h2-5,15-16H,6-11H2,1H3. The molecule has 2 rings (SSSR count). The van der Waals surface area contributed by atoms with Crippen molar-refractivity contribution in [1.82, 2.24) is 4.72 Å². The van der Waals surface area contributed by atoms with E-state index >= 15 is 0 Å². The zero-order chi connectivity index (χ0) is 15.3. The van der Waals surface area contributed by atoms with Gasteiger partial charge >= 0.3 is 0 Å². The Bertz CT molecular complexity index is 549. The van der Waals surface area contributed by atoms with Crippen LogP contribution in [0.2, 0.25) is 0 Å². The number of hydrogen-bond donors (Lipinski definition) is 2. The van der Waals surface area contributed by atoms with E-state index in [0.717, 1.165) is 5.56 Å². The molecule has 6 nitrogen and oxygen atoms in total. The van der Waals surface area contributed by atoms with Gasteiger partial charge in [0.1, 0.15) is 5.60 Å². The summed E-state index contributed by atoms with van der Waals surface area (Å²) in [5.74, 6) is 0. The van der Waals surface area contributed by atoms with Crippen molar-refractivity contribution in [2.75, 3.05) is 33.5 Å². The molecule has 0 radical (unpaired) electrons. The van der Waals surface area contributed by atoms with Crippen LogP contribution in [0, 0.1) is 0 Å². The normalized spacial score (nSPS) is 22.6. The molecular formula is C14H21NO5S. The molecule has 118 valence electrons. The number of rotatable bonds is 7. The van der Waals surface area contributed by atoms with E-state index in [1.165, 1.54) is 12.1 Å². The Hall–Kier alpha value is -0.990. The summed E-state index contributed by atoms with van der Waals surface area (Å²) < 4.78 is 37.8. The highest BCUT2D eigenvalue weighted by Crippen LogP contribution is 2.22. The van der Waals surface area contributed by atoms with Crippen LogP contribution in [0.1, 0.15) is 12.0 Å². The molecule has 7 heteroatoms. The van der Waals surface area contributed by atoms with Crippen molar-refractivity contribution in [2.24, 2.45) is 0 Å². The van der Waals surface area contributed by atoms with Gasteiger partial charge in [0.05, 0.1) is 11.5 Å². The molecule has 1 unspecified atom stereocenters.